The van der Waals surface area contributed by atoms with Crippen molar-refractivity contribution in [1.29, 1.82) is 0 Å². The summed E-state index contributed by atoms with van der Waals surface area (Å²) < 4.78 is 14.9. The Hall–Kier alpha value is -1.64. The molecule has 0 atom stereocenters. The molecule has 0 aliphatic rings. The molecule has 2 rings (SSSR count). The lowest BCUT2D eigenvalue weighted by Gasteiger charge is -2.06. The smallest absolute Gasteiger partial charge is 0.126 e. The lowest BCUT2D eigenvalue weighted by molar-refractivity contribution is 0.608. The van der Waals surface area contributed by atoms with Crippen LogP contribution in [0.5, 0.6) is 0 Å². The van der Waals surface area contributed by atoms with Crippen molar-refractivity contribution in [2.45, 2.75) is 13.5 Å². The molecule has 2 aromatic rings. The van der Waals surface area contributed by atoms with Crippen molar-refractivity contribution in [2.24, 2.45) is 0 Å². The van der Waals surface area contributed by atoms with Gasteiger partial charge in [0, 0.05) is 12.3 Å². The second-order valence-corrected chi connectivity index (χ2v) is 3.16. The Labute approximate surface area is 82.0 Å². The van der Waals surface area contributed by atoms with Crippen molar-refractivity contribution >= 4 is 0 Å². The summed E-state index contributed by atoms with van der Waals surface area (Å²) in [7, 11) is 0. The Kier molecular flexibility index (Phi) is 2.31. The fraction of sp³-hybridized carbons (Fsp3) is 0.182. The van der Waals surface area contributed by atoms with Crippen LogP contribution >= 0.6 is 0 Å². The van der Waals surface area contributed by atoms with Gasteiger partial charge >= 0.3 is 0 Å². The molecular formula is C11H10FN2. The molecule has 0 saturated heterocycles. The fourth-order valence-corrected chi connectivity index (χ4v) is 1.34. The molecule has 1 heterocycles. The van der Waals surface area contributed by atoms with Gasteiger partial charge in [-0.25, -0.2) is 4.39 Å². The molecule has 0 N–H and O–H groups in total. The SMILES string of the molecule is Cc1c(F)cccc1Cn1c[c]cn1. The maximum atomic E-state index is 13.2. The van der Waals surface area contributed by atoms with Gasteiger partial charge in [0.05, 0.1) is 12.7 Å². The zero-order chi connectivity index (χ0) is 9.97. The number of rotatable bonds is 2. The van der Waals surface area contributed by atoms with Crippen LogP contribution in [0.3, 0.4) is 0 Å². The molecule has 1 aromatic heterocycles. The summed E-state index contributed by atoms with van der Waals surface area (Å²) in [6.45, 7) is 2.37. The molecule has 1 aromatic carbocycles. The molecule has 0 fully saturated rings. The monoisotopic (exact) mass is 189 g/mol. The lowest BCUT2D eigenvalue weighted by atomic mass is 10.1. The quantitative estimate of drug-likeness (QED) is 0.708. The van der Waals surface area contributed by atoms with Gasteiger partial charge in [-0.05, 0) is 24.1 Å². The minimum atomic E-state index is -0.168. The number of hydrogen-bond donors (Lipinski definition) is 0. The van der Waals surface area contributed by atoms with Crippen LogP contribution in [-0.2, 0) is 6.54 Å². The molecular weight excluding hydrogens is 179 g/mol. The van der Waals surface area contributed by atoms with Gasteiger partial charge in [-0.1, -0.05) is 12.1 Å². The number of benzene rings is 1. The van der Waals surface area contributed by atoms with Gasteiger partial charge in [-0.3, -0.25) is 4.68 Å². The third kappa shape index (κ3) is 1.66. The predicted octanol–water partition coefficient (Wildman–Crippen LogP) is 2.18. The van der Waals surface area contributed by atoms with Crippen molar-refractivity contribution < 1.29 is 4.39 Å². The minimum Gasteiger partial charge on any atom is -0.268 e. The fourth-order valence-electron chi connectivity index (χ4n) is 1.34. The van der Waals surface area contributed by atoms with E-state index in [4.69, 9.17) is 0 Å². The van der Waals surface area contributed by atoms with Crippen molar-refractivity contribution in [3.8, 4) is 0 Å². The molecule has 0 amide bonds. The van der Waals surface area contributed by atoms with E-state index in [9.17, 15) is 4.39 Å². The Balaban J connectivity index is 2.29. The second kappa shape index (κ2) is 3.62. The van der Waals surface area contributed by atoms with Gasteiger partial charge in [0.25, 0.3) is 0 Å². The summed E-state index contributed by atoms with van der Waals surface area (Å²) in [6.07, 6.45) is 3.33. The summed E-state index contributed by atoms with van der Waals surface area (Å²) in [5.41, 5.74) is 1.63. The highest BCUT2D eigenvalue weighted by atomic mass is 19.1. The van der Waals surface area contributed by atoms with Crippen LogP contribution in [-0.4, -0.2) is 9.78 Å². The predicted molar refractivity (Wildman–Crippen MR) is 51.3 cm³/mol. The average molecular weight is 189 g/mol. The Morgan fingerprint density at radius 1 is 1.50 bits per heavy atom. The van der Waals surface area contributed by atoms with E-state index in [-0.39, 0.29) is 5.82 Å². The maximum absolute atomic E-state index is 13.2. The Morgan fingerprint density at radius 3 is 3.07 bits per heavy atom. The summed E-state index contributed by atoms with van der Waals surface area (Å²) in [4.78, 5) is 0. The minimum absolute atomic E-state index is 0.168. The van der Waals surface area contributed by atoms with Gasteiger partial charge in [0.1, 0.15) is 5.82 Å². The largest absolute Gasteiger partial charge is 0.268 e. The van der Waals surface area contributed by atoms with Crippen LogP contribution in [0.15, 0.2) is 30.6 Å². The summed E-state index contributed by atoms with van der Waals surface area (Å²) >= 11 is 0. The van der Waals surface area contributed by atoms with E-state index < -0.39 is 0 Å². The number of nitrogens with zero attached hydrogens (tertiary/aromatic N) is 2. The van der Waals surface area contributed by atoms with Crippen molar-refractivity contribution in [2.75, 3.05) is 0 Å². The molecule has 0 spiro atoms. The second-order valence-electron chi connectivity index (χ2n) is 3.16. The molecule has 0 saturated carbocycles. The van der Waals surface area contributed by atoms with E-state index in [1.165, 1.54) is 6.07 Å². The summed E-state index contributed by atoms with van der Waals surface area (Å²) in [5, 5.41) is 4.02. The number of aromatic nitrogens is 2. The molecule has 3 heteroatoms. The molecule has 0 unspecified atom stereocenters. The van der Waals surface area contributed by atoms with Crippen LogP contribution in [0.4, 0.5) is 4.39 Å². The first-order valence-corrected chi connectivity index (χ1v) is 4.40. The highest BCUT2D eigenvalue weighted by molar-refractivity contribution is 5.27. The topological polar surface area (TPSA) is 17.8 Å². The first kappa shape index (κ1) is 8.94. The third-order valence-electron chi connectivity index (χ3n) is 2.22. The van der Waals surface area contributed by atoms with Crippen molar-refractivity contribution in [3.05, 3.63) is 53.6 Å². The first-order valence-electron chi connectivity index (χ1n) is 4.40. The Bertz CT molecular complexity index is 421. The van der Waals surface area contributed by atoms with Crippen LogP contribution in [0, 0.1) is 18.8 Å². The van der Waals surface area contributed by atoms with E-state index in [0.29, 0.717) is 12.1 Å². The number of halogens is 1. The van der Waals surface area contributed by atoms with Crippen molar-refractivity contribution in [3.63, 3.8) is 0 Å². The van der Waals surface area contributed by atoms with Crippen LogP contribution in [0.2, 0.25) is 0 Å². The molecule has 14 heavy (non-hydrogen) atoms. The highest BCUT2D eigenvalue weighted by Gasteiger charge is 2.03. The molecule has 2 nitrogen and oxygen atoms in total. The van der Waals surface area contributed by atoms with Crippen LogP contribution in [0.25, 0.3) is 0 Å². The molecule has 0 aliphatic carbocycles. The average Bonchev–Trinajstić information content (AvgIpc) is 2.66. The lowest BCUT2D eigenvalue weighted by Crippen LogP contribution is -2.02. The standard InChI is InChI=1S/C11H10FN2/c1-9-10(4-2-5-11(9)12)8-14-7-3-6-13-14/h2,4-7H,8H2,1H3. The van der Waals surface area contributed by atoms with Gasteiger partial charge in [0.15, 0.2) is 0 Å². The zero-order valence-corrected chi connectivity index (χ0v) is 7.87. The third-order valence-corrected chi connectivity index (χ3v) is 2.22. The van der Waals surface area contributed by atoms with Gasteiger partial charge in [-0.15, -0.1) is 0 Å². The van der Waals surface area contributed by atoms with Gasteiger partial charge in [0.2, 0.25) is 0 Å². The number of hydrogen-bond acceptors (Lipinski definition) is 1. The molecule has 1 radical (unpaired) electrons. The molecule has 71 valence electrons. The van der Waals surface area contributed by atoms with Crippen LogP contribution in [0.1, 0.15) is 11.1 Å². The van der Waals surface area contributed by atoms with Gasteiger partial charge < -0.3 is 0 Å². The molecule has 0 aliphatic heterocycles. The van der Waals surface area contributed by atoms with Crippen LogP contribution < -0.4 is 0 Å². The molecule has 0 bridgehead atoms. The zero-order valence-electron chi connectivity index (χ0n) is 7.87. The maximum Gasteiger partial charge on any atom is 0.126 e. The van der Waals surface area contributed by atoms with Crippen molar-refractivity contribution in [1.82, 2.24) is 9.78 Å². The normalized spacial score (nSPS) is 10.4. The van der Waals surface area contributed by atoms with E-state index in [2.05, 4.69) is 11.2 Å². The van der Waals surface area contributed by atoms with Gasteiger partial charge in [-0.2, -0.15) is 5.10 Å². The van der Waals surface area contributed by atoms with E-state index >= 15 is 0 Å². The summed E-state index contributed by atoms with van der Waals surface area (Å²) in [6, 6.07) is 7.92. The highest BCUT2D eigenvalue weighted by Crippen LogP contribution is 2.12. The van der Waals surface area contributed by atoms with E-state index in [0.717, 1.165) is 5.56 Å². The first-order chi connectivity index (χ1) is 6.77. The Morgan fingerprint density at radius 2 is 2.36 bits per heavy atom. The summed E-state index contributed by atoms with van der Waals surface area (Å²) in [5.74, 6) is -0.168. The van der Waals surface area contributed by atoms with E-state index in [1.54, 1.807) is 30.1 Å². The van der Waals surface area contributed by atoms with E-state index in [1.807, 2.05) is 6.07 Å².